The van der Waals surface area contributed by atoms with Gasteiger partial charge in [0.25, 0.3) is 0 Å². The number of hydrogen-bond donors (Lipinski definition) is 0. The van der Waals surface area contributed by atoms with Gasteiger partial charge in [0.05, 0.1) is 0 Å². The van der Waals surface area contributed by atoms with Gasteiger partial charge >= 0.3 is 0 Å². The van der Waals surface area contributed by atoms with E-state index in [4.69, 9.17) is 0 Å². The molecule has 0 bridgehead atoms. The molecule has 2 aliphatic rings. The van der Waals surface area contributed by atoms with Crippen molar-refractivity contribution in [1.29, 1.82) is 0 Å². The van der Waals surface area contributed by atoms with E-state index < -0.39 is 0 Å². The molecule has 0 amide bonds. The minimum atomic E-state index is 0.616. The lowest BCUT2D eigenvalue weighted by atomic mass is 9.93. The molecule has 188 valence electrons. The van der Waals surface area contributed by atoms with E-state index >= 15 is 0 Å². The Balaban J connectivity index is 1.59. The van der Waals surface area contributed by atoms with Crippen LogP contribution in [0.15, 0.2) is 55.3 Å². The van der Waals surface area contributed by atoms with Gasteiger partial charge in [-0.2, -0.15) is 0 Å². The molecule has 1 aliphatic carbocycles. The predicted octanol–water partition coefficient (Wildman–Crippen LogP) is 7.36. The molecular weight excluding hydrogens is 426 g/mol. The van der Waals surface area contributed by atoms with Crippen LogP contribution in [0.3, 0.4) is 0 Å². The molecule has 35 heavy (non-hydrogen) atoms. The van der Waals surface area contributed by atoms with Gasteiger partial charge in [0.2, 0.25) is 0 Å². The molecule has 0 radical (unpaired) electrons. The quantitative estimate of drug-likeness (QED) is 0.378. The van der Waals surface area contributed by atoms with E-state index in [0.29, 0.717) is 5.92 Å². The Bertz CT molecular complexity index is 1020. The van der Waals surface area contributed by atoms with Gasteiger partial charge in [-0.25, -0.2) is 0 Å². The van der Waals surface area contributed by atoms with Crippen LogP contribution in [0.25, 0.3) is 16.7 Å². The largest absolute Gasteiger partial charge is 0.345 e. The van der Waals surface area contributed by atoms with Crippen molar-refractivity contribution in [3.8, 4) is 11.1 Å². The lowest BCUT2D eigenvalue weighted by molar-refractivity contribution is 0.132. The Labute approximate surface area is 214 Å². The second-order valence-electron chi connectivity index (χ2n) is 10.6. The number of benzene rings is 2. The molecule has 4 rings (SSSR count). The second-order valence-corrected chi connectivity index (χ2v) is 10.6. The molecule has 0 spiro atoms. The topological polar surface area (TPSA) is 9.72 Å². The number of anilines is 1. The minimum absolute atomic E-state index is 0.616. The smallest absolute Gasteiger partial charge is 0.0450 e. The number of rotatable bonds is 9. The van der Waals surface area contributed by atoms with Gasteiger partial charge < -0.3 is 9.80 Å². The van der Waals surface area contributed by atoms with E-state index in [1.807, 2.05) is 0 Å². The highest BCUT2D eigenvalue weighted by Gasteiger charge is 2.24. The molecule has 3 heteroatoms. The standard InChI is InChI=1S/C32H45N3/c1-7-33-17-19-34(20-18-33)23-27-13-15-29(16-14-27)30-21-31(24(3)4)25(5)32(22-30)35(8-2)26(6)28-11-9-10-12-28/h13-16,21-22,28H,3,6-12,17-20,23H2,1-2,4-5H3. The Morgan fingerprint density at radius 1 is 0.914 bits per heavy atom. The lowest BCUT2D eigenvalue weighted by Gasteiger charge is -2.34. The molecule has 3 nitrogen and oxygen atoms in total. The first-order valence-corrected chi connectivity index (χ1v) is 13.7. The van der Waals surface area contributed by atoms with Gasteiger partial charge in [0, 0.05) is 50.7 Å². The Hall–Kier alpha value is -2.36. The molecule has 2 aromatic carbocycles. The van der Waals surface area contributed by atoms with Crippen LogP contribution in [0, 0.1) is 12.8 Å². The Morgan fingerprint density at radius 2 is 1.54 bits per heavy atom. The predicted molar refractivity (Wildman–Crippen MR) is 153 cm³/mol. The molecule has 1 saturated heterocycles. The highest BCUT2D eigenvalue weighted by atomic mass is 15.3. The van der Waals surface area contributed by atoms with Crippen molar-refractivity contribution >= 4 is 11.3 Å². The maximum Gasteiger partial charge on any atom is 0.0450 e. The van der Waals surface area contributed by atoms with Crippen LogP contribution in [0.1, 0.15) is 63.1 Å². The first-order valence-electron chi connectivity index (χ1n) is 13.7. The van der Waals surface area contributed by atoms with Crippen molar-refractivity contribution in [1.82, 2.24) is 9.80 Å². The summed E-state index contributed by atoms with van der Waals surface area (Å²) in [5.41, 5.74) is 10.2. The summed E-state index contributed by atoms with van der Waals surface area (Å²) in [5, 5.41) is 0. The van der Waals surface area contributed by atoms with Crippen molar-refractivity contribution < 1.29 is 0 Å². The third kappa shape index (κ3) is 5.90. The number of piperazine rings is 1. The van der Waals surface area contributed by atoms with Crippen LogP contribution in [0.2, 0.25) is 0 Å². The van der Waals surface area contributed by atoms with E-state index in [0.717, 1.165) is 38.3 Å². The summed E-state index contributed by atoms with van der Waals surface area (Å²) >= 11 is 0. The zero-order valence-corrected chi connectivity index (χ0v) is 22.6. The highest BCUT2D eigenvalue weighted by molar-refractivity contribution is 5.80. The van der Waals surface area contributed by atoms with Crippen LogP contribution in [0.5, 0.6) is 0 Å². The fourth-order valence-electron chi connectivity index (χ4n) is 5.92. The molecule has 1 saturated carbocycles. The molecule has 1 aliphatic heterocycles. The van der Waals surface area contributed by atoms with Gasteiger partial charge in [-0.1, -0.05) is 62.8 Å². The van der Waals surface area contributed by atoms with E-state index in [9.17, 15) is 0 Å². The molecule has 1 heterocycles. The molecule has 0 atom stereocenters. The normalized spacial score (nSPS) is 17.6. The molecule has 2 fully saturated rings. The van der Waals surface area contributed by atoms with Crippen molar-refractivity contribution in [2.75, 3.05) is 44.2 Å². The number of likely N-dealkylation sites (N-methyl/N-ethyl adjacent to an activating group) is 1. The van der Waals surface area contributed by atoms with Gasteiger partial charge in [-0.05, 0) is 86.0 Å². The number of hydrogen-bond acceptors (Lipinski definition) is 3. The van der Waals surface area contributed by atoms with Crippen molar-refractivity contribution in [3.63, 3.8) is 0 Å². The summed E-state index contributed by atoms with van der Waals surface area (Å²) in [4.78, 5) is 7.58. The van der Waals surface area contributed by atoms with Crippen LogP contribution in [-0.4, -0.2) is 49.1 Å². The van der Waals surface area contributed by atoms with Crippen LogP contribution >= 0.6 is 0 Å². The van der Waals surface area contributed by atoms with Crippen LogP contribution in [-0.2, 0) is 6.54 Å². The molecule has 0 unspecified atom stereocenters. The third-order valence-electron chi connectivity index (χ3n) is 8.23. The van der Waals surface area contributed by atoms with Crippen LogP contribution in [0.4, 0.5) is 5.69 Å². The summed E-state index contributed by atoms with van der Waals surface area (Å²) in [7, 11) is 0. The van der Waals surface area contributed by atoms with Gasteiger partial charge in [-0.15, -0.1) is 0 Å². The number of allylic oxidation sites excluding steroid dienone is 2. The molecule has 0 aromatic heterocycles. The molecular formula is C32H45N3. The van der Waals surface area contributed by atoms with Crippen LogP contribution < -0.4 is 4.90 Å². The van der Waals surface area contributed by atoms with Crippen molar-refractivity contribution in [2.24, 2.45) is 5.92 Å². The summed E-state index contributed by atoms with van der Waals surface area (Å²) in [6, 6.07) is 13.9. The summed E-state index contributed by atoms with van der Waals surface area (Å²) in [6.07, 6.45) is 5.21. The fraction of sp³-hybridized carbons (Fsp3) is 0.500. The zero-order valence-electron chi connectivity index (χ0n) is 22.6. The molecule has 2 aromatic rings. The highest BCUT2D eigenvalue weighted by Crippen LogP contribution is 2.39. The summed E-state index contributed by atoms with van der Waals surface area (Å²) < 4.78 is 0. The van der Waals surface area contributed by atoms with E-state index in [1.54, 1.807) is 0 Å². The SMILES string of the molecule is C=C(C)c1cc(-c2ccc(CN3CCN(CC)CC3)cc2)cc(N(CC)C(=C)C2CCCC2)c1C. The second kappa shape index (κ2) is 11.6. The molecule has 0 N–H and O–H groups in total. The summed E-state index contributed by atoms with van der Waals surface area (Å²) in [5.74, 6) is 0.616. The monoisotopic (exact) mass is 471 g/mol. The first kappa shape index (κ1) is 25.7. The van der Waals surface area contributed by atoms with Gasteiger partial charge in [-0.3, -0.25) is 4.90 Å². The maximum atomic E-state index is 4.58. The first-order chi connectivity index (χ1) is 16.9. The average molecular weight is 472 g/mol. The van der Waals surface area contributed by atoms with E-state index in [2.05, 4.69) is 92.0 Å². The average Bonchev–Trinajstić information content (AvgIpc) is 3.41. The van der Waals surface area contributed by atoms with E-state index in [-0.39, 0.29) is 0 Å². The fourth-order valence-corrected chi connectivity index (χ4v) is 5.92. The van der Waals surface area contributed by atoms with Crippen molar-refractivity contribution in [3.05, 3.63) is 71.9 Å². The van der Waals surface area contributed by atoms with Crippen molar-refractivity contribution in [2.45, 2.75) is 59.9 Å². The van der Waals surface area contributed by atoms with Gasteiger partial charge in [0.1, 0.15) is 0 Å². The summed E-state index contributed by atoms with van der Waals surface area (Å²) in [6.45, 7) is 25.6. The minimum Gasteiger partial charge on any atom is -0.345 e. The Morgan fingerprint density at radius 3 is 2.11 bits per heavy atom. The lowest BCUT2D eigenvalue weighted by Crippen LogP contribution is -2.45. The Kier molecular flexibility index (Phi) is 8.51. The maximum absolute atomic E-state index is 4.58. The number of nitrogens with zero attached hydrogens (tertiary/aromatic N) is 3. The third-order valence-corrected chi connectivity index (χ3v) is 8.23. The van der Waals surface area contributed by atoms with Gasteiger partial charge in [0.15, 0.2) is 0 Å². The van der Waals surface area contributed by atoms with E-state index in [1.165, 1.54) is 78.0 Å². The zero-order chi connectivity index (χ0) is 24.9.